The number of benzene rings is 1. The van der Waals surface area contributed by atoms with Crippen LogP contribution in [0.15, 0.2) is 30.3 Å². The first-order valence-corrected chi connectivity index (χ1v) is 5.03. The molecule has 1 amide bonds. The third-order valence-corrected chi connectivity index (χ3v) is 2.22. The molecule has 0 aromatic heterocycles. The van der Waals surface area contributed by atoms with E-state index in [1.54, 1.807) is 30.3 Å². The standard InChI is InChI=1S/C11H13F3N2O.ClH/c12-11(13,14)7-16-10(17)9(6-15)8-4-2-1-3-5-8;/h1-5,9H,6-7,15H2,(H,16,17);1H. The van der Waals surface area contributed by atoms with E-state index in [4.69, 9.17) is 5.73 Å². The summed E-state index contributed by atoms with van der Waals surface area (Å²) in [5, 5.41) is 1.83. The number of carbonyl (C=O) groups is 1. The molecule has 1 aromatic carbocycles. The molecule has 7 heteroatoms. The Balaban J connectivity index is 0.00000289. The Morgan fingerprint density at radius 1 is 1.28 bits per heavy atom. The molecule has 0 saturated carbocycles. The number of nitrogens with one attached hydrogen (secondary N) is 1. The Morgan fingerprint density at radius 3 is 2.28 bits per heavy atom. The van der Waals surface area contributed by atoms with Crippen LogP contribution >= 0.6 is 12.4 Å². The number of halogens is 4. The van der Waals surface area contributed by atoms with Crippen LogP contribution < -0.4 is 11.1 Å². The highest BCUT2D eigenvalue weighted by Gasteiger charge is 2.29. The number of alkyl halides is 3. The molecule has 3 nitrogen and oxygen atoms in total. The summed E-state index contributed by atoms with van der Waals surface area (Å²) in [6, 6.07) is 8.48. The smallest absolute Gasteiger partial charge is 0.346 e. The second-order valence-corrected chi connectivity index (χ2v) is 3.53. The van der Waals surface area contributed by atoms with E-state index >= 15 is 0 Å². The van der Waals surface area contributed by atoms with Gasteiger partial charge in [-0.25, -0.2) is 0 Å². The lowest BCUT2D eigenvalue weighted by Gasteiger charge is -2.16. The van der Waals surface area contributed by atoms with E-state index in [9.17, 15) is 18.0 Å². The Bertz CT molecular complexity index is 370. The molecule has 1 aromatic rings. The van der Waals surface area contributed by atoms with Crippen molar-refractivity contribution in [1.29, 1.82) is 0 Å². The molecule has 0 aliphatic carbocycles. The minimum Gasteiger partial charge on any atom is -0.346 e. The van der Waals surface area contributed by atoms with Crippen molar-refractivity contribution >= 4 is 18.3 Å². The molecule has 0 radical (unpaired) electrons. The summed E-state index contributed by atoms with van der Waals surface area (Å²) >= 11 is 0. The van der Waals surface area contributed by atoms with Gasteiger partial charge in [-0.2, -0.15) is 13.2 Å². The van der Waals surface area contributed by atoms with E-state index in [-0.39, 0.29) is 19.0 Å². The van der Waals surface area contributed by atoms with E-state index in [0.29, 0.717) is 5.56 Å². The molecule has 0 saturated heterocycles. The molecule has 0 aliphatic rings. The van der Waals surface area contributed by atoms with E-state index < -0.39 is 24.5 Å². The van der Waals surface area contributed by atoms with Crippen molar-refractivity contribution in [2.75, 3.05) is 13.1 Å². The lowest BCUT2D eigenvalue weighted by Crippen LogP contribution is -2.39. The molecule has 102 valence electrons. The highest BCUT2D eigenvalue weighted by atomic mass is 35.5. The van der Waals surface area contributed by atoms with Crippen molar-refractivity contribution in [2.24, 2.45) is 5.73 Å². The summed E-state index contributed by atoms with van der Waals surface area (Å²) in [7, 11) is 0. The second-order valence-electron chi connectivity index (χ2n) is 3.53. The third kappa shape index (κ3) is 5.37. The minimum atomic E-state index is -4.41. The molecular weight excluding hydrogens is 269 g/mol. The van der Waals surface area contributed by atoms with Gasteiger partial charge in [0.2, 0.25) is 5.91 Å². The van der Waals surface area contributed by atoms with Crippen LogP contribution in [0.5, 0.6) is 0 Å². The summed E-state index contributed by atoms with van der Waals surface area (Å²) in [5.41, 5.74) is 6.01. The zero-order chi connectivity index (χ0) is 12.9. The Morgan fingerprint density at radius 2 is 1.83 bits per heavy atom. The van der Waals surface area contributed by atoms with Gasteiger partial charge >= 0.3 is 6.18 Å². The van der Waals surface area contributed by atoms with Gasteiger partial charge in [0.15, 0.2) is 0 Å². The lowest BCUT2D eigenvalue weighted by molar-refractivity contribution is -0.139. The molecule has 0 spiro atoms. The Kier molecular flexibility index (Phi) is 6.72. The highest BCUT2D eigenvalue weighted by Crippen LogP contribution is 2.16. The molecule has 1 rings (SSSR count). The number of rotatable bonds is 4. The summed E-state index contributed by atoms with van der Waals surface area (Å²) in [6.45, 7) is -1.37. The van der Waals surface area contributed by atoms with Gasteiger partial charge in [0, 0.05) is 6.54 Å². The average Bonchev–Trinajstić information content (AvgIpc) is 2.28. The summed E-state index contributed by atoms with van der Waals surface area (Å²) in [4.78, 5) is 11.5. The van der Waals surface area contributed by atoms with Gasteiger partial charge in [0.05, 0.1) is 5.92 Å². The van der Waals surface area contributed by atoms with E-state index in [1.807, 2.05) is 5.32 Å². The maximum Gasteiger partial charge on any atom is 0.405 e. The van der Waals surface area contributed by atoms with E-state index in [1.165, 1.54) is 0 Å². The zero-order valence-electron chi connectivity index (χ0n) is 9.41. The maximum atomic E-state index is 11.9. The zero-order valence-corrected chi connectivity index (χ0v) is 10.2. The molecule has 0 heterocycles. The summed E-state index contributed by atoms with van der Waals surface area (Å²) < 4.78 is 35.8. The molecular formula is C11H14ClF3N2O. The Hall–Kier alpha value is -1.27. The molecule has 3 N–H and O–H groups in total. The lowest BCUT2D eigenvalue weighted by atomic mass is 9.98. The first-order chi connectivity index (χ1) is 7.94. The molecule has 0 bridgehead atoms. The van der Waals surface area contributed by atoms with Crippen molar-refractivity contribution in [1.82, 2.24) is 5.32 Å². The van der Waals surface area contributed by atoms with Gasteiger partial charge in [-0.15, -0.1) is 12.4 Å². The average molecular weight is 283 g/mol. The fourth-order valence-electron chi connectivity index (χ4n) is 1.39. The van der Waals surface area contributed by atoms with Crippen molar-refractivity contribution in [3.05, 3.63) is 35.9 Å². The maximum absolute atomic E-state index is 11.9. The normalized spacial score (nSPS) is 12.4. The SMILES string of the molecule is Cl.NCC(C(=O)NCC(F)(F)F)c1ccccc1. The van der Waals surface area contributed by atoms with Crippen molar-refractivity contribution in [3.8, 4) is 0 Å². The van der Waals surface area contributed by atoms with E-state index in [0.717, 1.165) is 0 Å². The van der Waals surface area contributed by atoms with E-state index in [2.05, 4.69) is 0 Å². The second kappa shape index (κ2) is 7.23. The Labute approximate surface area is 109 Å². The van der Waals surface area contributed by atoms with Gasteiger partial charge in [0.25, 0.3) is 0 Å². The van der Waals surface area contributed by atoms with Gasteiger partial charge in [-0.3, -0.25) is 4.79 Å². The predicted molar refractivity (Wildman–Crippen MR) is 64.6 cm³/mol. The third-order valence-electron chi connectivity index (χ3n) is 2.22. The van der Waals surface area contributed by atoms with Crippen molar-refractivity contribution < 1.29 is 18.0 Å². The van der Waals surface area contributed by atoms with Crippen LogP contribution in [0.4, 0.5) is 13.2 Å². The fraction of sp³-hybridized carbons (Fsp3) is 0.364. The van der Waals surface area contributed by atoms with Gasteiger partial charge in [0.1, 0.15) is 6.54 Å². The molecule has 0 fully saturated rings. The quantitative estimate of drug-likeness (QED) is 0.885. The van der Waals surface area contributed by atoms with Crippen molar-refractivity contribution in [2.45, 2.75) is 12.1 Å². The molecule has 1 atom stereocenters. The van der Waals surface area contributed by atoms with Crippen LogP contribution in [0.3, 0.4) is 0 Å². The number of hydrogen-bond acceptors (Lipinski definition) is 2. The number of hydrogen-bond donors (Lipinski definition) is 2. The molecule has 0 aliphatic heterocycles. The van der Waals surface area contributed by atoms with Gasteiger partial charge in [-0.1, -0.05) is 30.3 Å². The van der Waals surface area contributed by atoms with Crippen LogP contribution in [-0.2, 0) is 4.79 Å². The predicted octanol–water partition coefficient (Wildman–Crippen LogP) is 1.83. The number of carbonyl (C=O) groups excluding carboxylic acids is 1. The number of nitrogens with two attached hydrogens (primary N) is 1. The first-order valence-electron chi connectivity index (χ1n) is 5.03. The highest BCUT2D eigenvalue weighted by molar-refractivity contribution is 5.85. The van der Waals surface area contributed by atoms with Crippen LogP contribution in [0.1, 0.15) is 11.5 Å². The first kappa shape index (κ1) is 16.7. The van der Waals surface area contributed by atoms with Crippen LogP contribution in [0.25, 0.3) is 0 Å². The molecule has 18 heavy (non-hydrogen) atoms. The monoisotopic (exact) mass is 282 g/mol. The van der Waals surface area contributed by atoms with Crippen LogP contribution in [-0.4, -0.2) is 25.2 Å². The largest absolute Gasteiger partial charge is 0.405 e. The van der Waals surface area contributed by atoms with Crippen LogP contribution in [0.2, 0.25) is 0 Å². The van der Waals surface area contributed by atoms with Gasteiger partial charge < -0.3 is 11.1 Å². The summed E-state index contributed by atoms with van der Waals surface area (Å²) in [6.07, 6.45) is -4.41. The summed E-state index contributed by atoms with van der Waals surface area (Å²) in [5.74, 6) is -1.46. The molecule has 1 unspecified atom stereocenters. The number of amides is 1. The van der Waals surface area contributed by atoms with Crippen molar-refractivity contribution in [3.63, 3.8) is 0 Å². The van der Waals surface area contributed by atoms with Crippen LogP contribution in [0, 0.1) is 0 Å². The fourth-order valence-corrected chi connectivity index (χ4v) is 1.39. The topological polar surface area (TPSA) is 55.1 Å². The minimum absolute atomic E-state index is 0. The van der Waals surface area contributed by atoms with Gasteiger partial charge in [-0.05, 0) is 5.56 Å².